The molecule has 0 radical (unpaired) electrons. The molecule has 0 aliphatic carbocycles. The second-order valence-corrected chi connectivity index (χ2v) is 3.98. The van der Waals surface area contributed by atoms with Gasteiger partial charge in [0.25, 0.3) is 0 Å². The average Bonchev–Trinajstić information content (AvgIpc) is 2.45. The Bertz CT molecular complexity index is 657. The standard InChI is InChI=1S/C16H12F2O2/c17-14-7-8-16(12(10-14)5-3-9-19)20-11-13-4-1-2-6-15(13)18/h1-2,4,6-8,10,19H,9,11H2. The fourth-order valence-electron chi connectivity index (χ4n) is 1.63. The van der Waals surface area contributed by atoms with E-state index < -0.39 is 5.82 Å². The molecule has 0 aliphatic heterocycles. The number of hydrogen-bond donors (Lipinski definition) is 1. The molecule has 0 aliphatic rings. The SMILES string of the molecule is OCC#Cc1cc(F)ccc1OCc1ccccc1F. The first-order chi connectivity index (χ1) is 9.70. The summed E-state index contributed by atoms with van der Waals surface area (Å²) in [5, 5.41) is 8.67. The van der Waals surface area contributed by atoms with E-state index in [0.29, 0.717) is 16.9 Å². The average molecular weight is 274 g/mol. The molecule has 20 heavy (non-hydrogen) atoms. The first-order valence-electron chi connectivity index (χ1n) is 5.96. The van der Waals surface area contributed by atoms with Gasteiger partial charge in [-0.05, 0) is 24.3 Å². The van der Waals surface area contributed by atoms with Crippen molar-refractivity contribution in [3.05, 3.63) is 65.2 Å². The molecule has 2 nitrogen and oxygen atoms in total. The van der Waals surface area contributed by atoms with Crippen molar-refractivity contribution in [1.29, 1.82) is 0 Å². The number of benzene rings is 2. The molecule has 0 saturated carbocycles. The van der Waals surface area contributed by atoms with Gasteiger partial charge in [0.2, 0.25) is 0 Å². The molecule has 2 rings (SSSR count). The van der Waals surface area contributed by atoms with Crippen LogP contribution in [-0.4, -0.2) is 11.7 Å². The normalized spacial score (nSPS) is 9.75. The van der Waals surface area contributed by atoms with Gasteiger partial charge in [0.1, 0.15) is 30.6 Å². The molecule has 102 valence electrons. The van der Waals surface area contributed by atoms with E-state index in [9.17, 15) is 8.78 Å². The Hall–Kier alpha value is -2.38. The quantitative estimate of drug-likeness (QED) is 0.872. The molecule has 0 amide bonds. The molecule has 0 saturated heterocycles. The lowest BCUT2D eigenvalue weighted by molar-refractivity contribution is 0.298. The molecule has 2 aromatic carbocycles. The van der Waals surface area contributed by atoms with Crippen molar-refractivity contribution in [1.82, 2.24) is 0 Å². The minimum absolute atomic E-state index is 0.0200. The van der Waals surface area contributed by atoms with Crippen LogP contribution in [0.3, 0.4) is 0 Å². The highest BCUT2D eigenvalue weighted by Crippen LogP contribution is 2.20. The number of hydrogen-bond acceptors (Lipinski definition) is 2. The minimum atomic E-state index is -0.453. The van der Waals surface area contributed by atoms with Gasteiger partial charge in [-0.25, -0.2) is 8.78 Å². The van der Waals surface area contributed by atoms with E-state index >= 15 is 0 Å². The van der Waals surface area contributed by atoms with Gasteiger partial charge in [0.05, 0.1) is 5.56 Å². The van der Waals surface area contributed by atoms with Crippen LogP contribution < -0.4 is 4.74 Å². The van der Waals surface area contributed by atoms with Crippen LogP contribution >= 0.6 is 0 Å². The van der Waals surface area contributed by atoms with E-state index in [1.165, 1.54) is 24.3 Å². The third-order valence-corrected chi connectivity index (χ3v) is 2.58. The van der Waals surface area contributed by atoms with Crippen molar-refractivity contribution in [3.63, 3.8) is 0 Å². The van der Waals surface area contributed by atoms with E-state index in [-0.39, 0.29) is 19.0 Å². The van der Waals surface area contributed by atoms with Crippen molar-refractivity contribution in [2.24, 2.45) is 0 Å². The predicted octanol–water partition coefficient (Wildman–Crippen LogP) is 2.89. The monoisotopic (exact) mass is 274 g/mol. The Kier molecular flexibility index (Phi) is 4.70. The van der Waals surface area contributed by atoms with Gasteiger partial charge in [-0.1, -0.05) is 30.0 Å². The summed E-state index contributed by atoms with van der Waals surface area (Å²) in [5.41, 5.74) is 0.716. The van der Waals surface area contributed by atoms with Gasteiger partial charge >= 0.3 is 0 Å². The van der Waals surface area contributed by atoms with Crippen molar-refractivity contribution >= 4 is 0 Å². The fraction of sp³-hybridized carbons (Fsp3) is 0.125. The molecule has 0 atom stereocenters. The first-order valence-corrected chi connectivity index (χ1v) is 5.96. The van der Waals surface area contributed by atoms with Crippen LogP contribution in [0.5, 0.6) is 5.75 Å². The Morgan fingerprint density at radius 2 is 1.90 bits per heavy atom. The molecular formula is C16H12F2O2. The van der Waals surface area contributed by atoms with Crippen molar-refractivity contribution in [2.45, 2.75) is 6.61 Å². The molecule has 0 aromatic heterocycles. The molecule has 0 bridgehead atoms. The van der Waals surface area contributed by atoms with Crippen LogP contribution in [0, 0.1) is 23.5 Å². The van der Waals surface area contributed by atoms with Crippen molar-refractivity contribution in [3.8, 4) is 17.6 Å². The van der Waals surface area contributed by atoms with Crippen LogP contribution in [0.1, 0.15) is 11.1 Å². The molecule has 0 heterocycles. The third kappa shape index (κ3) is 3.56. The zero-order chi connectivity index (χ0) is 14.4. The van der Waals surface area contributed by atoms with Gasteiger partial charge in [0.15, 0.2) is 0 Å². The predicted molar refractivity (Wildman–Crippen MR) is 71.1 cm³/mol. The van der Waals surface area contributed by atoms with Crippen molar-refractivity contribution in [2.75, 3.05) is 6.61 Å². The van der Waals surface area contributed by atoms with Gasteiger partial charge in [-0.3, -0.25) is 0 Å². The summed E-state index contributed by atoms with van der Waals surface area (Å²) in [5.74, 6) is 4.55. The van der Waals surface area contributed by atoms with Crippen LogP contribution in [0.4, 0.5) is 8.78 Å². The lowest BCUT2D eigenvalue weighted by atomic mass is 10.2. The molecular weight excluding hydrogens is 262 g/mol. The van der Waals surface area contributed by atoms with Crippen LogP contribution in [0.2, 0.25) is 0 Å². The summed E-state index contributed by atoms with van der Waals surface area (Å²) in [6.07, 6.45) is 0. The number of rotatable bonds is 3. The lowest BCUT2D eigenvalue weighted by Crippen LogP contribution is -2.00. The van der Waals surface area contributed by atoms with Crippen LogP contribution in [0.25, 0.3) is 0 Å². The van der Waals surface area contributed by atoms with Crippen LogP contribution in [-0.2, 0) is 6.61 Å². The number of halogens is 2. The number of aliphatic hydroxyl groups is 1. The largest absolute Gasteiger partial charge is 0.487 e. The van der Waals surface area contributed by atoms with Gasteiger partial charge < -0.3 is 9.84 Å². The zero-order valence-electron chi connectivity index (χ0n) is 10.6. The van der Waals surface area contributed by atoms with Gasteiger partial charge in [-0.15, -0.1) is 0 Å². The topological polar surface area (TPSA) is 29.5 Å². The van der Waals surface area contributed by atoms with Crippen LogP contribution in [0.15, 0.2) is 42.5 Å². The molecule has 0 spiro atoms. The summed E-state index contributed by atoms with van der Waals surface area (Å²) < 4.78 is 32.1. The van der Waals surface area contributed by atoms with E-state index in [0.717, 1.165) is 0 Å². The summed E-state index contributed by atoms with van der Waals surface area (Å²) in [7, 11) is 0. The van der Waals surface area contributed by atoms with E-state index in [1.54, 1.807) is 18.2 Å². The third-order valence-electron chi connectivity index (χ3n) is 2.58. The smallest absolute Gasteiger partial charge is 0.135 e. The molecule has 0 fully saturated rings. The lowest BCUT2D eigenvalue weighted by Gasteiger charge is -2.09. The van der Waals surface area contributed by atoms with Crippen molar-refractivity contribution < 1.29 is 18.6 Å². The summed E-state index contributed by atoms with van der Waals surface area (Å²) in [4.78, 5) is 0. The summed E-state index contributed by atoms with van der Waals surface area (Å²) in [6.45, 7) is -0.310. The van der Waals surface area contributed by atoms with Gasteiger partial charge in [-0.2, -0.15) is 0 Å². The maximum Gasteiger partial charge on any atom is 0.135 e. The Balaban J connectivity index is 2.19. The van der Waals surface area contributed by atoms with E-state index in [2.05, 4.69) is 11.8 Å². The fourth-order valence-corrected chi connectivity index (χ4v) is 1.63. The number of aliphatic hydroxyl groups excluding tert-OH is 1. The molecule has 1 N–H and O–H groups in total. The molecule has 0 unspecified atom stereocenters. The van der Waals surface area contributed by atoms with Gasteiger partial charge in [0, 0.05) is 5.56 Å². The molecule has 2 aromatic rings. The zero-order valence-corrected chi connectivity index (χ0v) is 10.6. The number of ether oxygens (including phenoxy) is 1. The minimum Gasteiger partial charge on any atom is -0.487 e. The highest BCUT2D eigenvalue weighted by Gasteiger charge is 2.06. The first kappa shape index (κ1) is 14.0. The maximum atomic E-state index is 13.5. The Morgan fingerprint density at radius 1 is 1.10 bits per heavy atom. The molecule has 4 heteroatoms. The van der Waals surface area contributed by atoms with E-state index in [4.69, 9.17) is 9.84 Å². The second kappa shape index (κ2) is 6.69. The van der Waals surface area contributed by atoms with E-state index in [1.807, 2.05) is 0 Å². The summed E-state index contributed by atoms with van der Waals surface area (Å²) in [6, 6.07) is 10.1. The second-order valence-electron chi connectivity index (χ2n) is 3.98. The highest BCUT2D eigenvalue weighted by molar-refractivity contribution is 5.46. The Labute approximate surface area is 115 Å². The maximum absolute atomic E-state index is 13.5. The summed E-state index contributed by atoms with van der Waals surface area (Å²) >= 11 is 0. The highest BCUT2D eigenvalue weighted by atomic mass is 19.1. The Morgan fingerprint density at radius 3 is 2.65 bits per heavy atom.